The lowest BCUT2D eigenvalue weighted by molar-refractivity contribution is 0.314. The molecule has 0 fully saturated rings. The van der Waals surface area contributed by atoms with Gasteiger partial charge in [0.05, 0.1) is 6.61 Å². The van der Waals surface area contributed by atoms with Crippen molar-refractivity contribution in [2.24, 2.45) is 11.7 Å². The number of ether oxygens (including phenoxy) is 1. The fourth-order valence-electron chi connectivity index (χ4n) is 2.49. The first-order chi connectivity index (χ1) is 7.72. The highest BCUT2D eigenvalue weighted by molar-refractivity contribution is 5.40. The maximum atomic E-state index is 5.81. The van der Waals surface area contributed by atoms with Gasteiger partial charge in [0.2, 0.25) is 0 Å². The number of benzene rings is 1. The zero-order valence-electron chi connectivity index (χ0n) is 10.2. The minimum atomic E-state index is 0.530. The van der Waals surface area contributed by atoms with Crippen molar-refractivity contribution in [1.29, 1.82) is 0 Å². The standard InChI is InChI=1S/C14H21NO/c1-10-5-6-14-13(8-10)12(11(2)9-15)4-3-7-16-14/h5-6,8,11-12H,3-4,7,9,15H2,1-2H3. The van der Waals surface area contributed by atoms with E-state index in [-0.39, 0.29) is 0 Å². The molecule has 2 atom stereocenters. The summed E-state index contributed by atoms with van der Waals surface area (Å²) in [6.07, 6.45) is 2.32. The van der Waals surface area contributed by atoms with Gasteiger partial charge in [-0.1, -0.05) is 24.6 Å². The van der Waals surface area contributed by atoms with Crippen LogP contribution in [-0.2, 0) is 0 Å². The number of hydrogen-bond acceptors (Lipinski definition) is 2. The van der Waals surface area contributed by atoms with Gasteiger partial charge in [-0.3, -0.25) is 0 Å². The Balaban J connectivity index is 2.38. The van der Waals surface area contributed by atoms with E-state index >= 15 is 0 Å². The third-order valence-electron chi connectivity index (χ3n) is 3.54. The molecule has 1 aliphatic rings. The Labute approximate surface area is 97.8 Å². The van der Waals surface area contributed by atoms with Crippen LogP contribution in [0.1, 0.15) is 36.8 Å². The summed E-state index contributed by atoms with van der Waals surface area (Å²) in [5, 5.41) is 0. The van der Waals surface area contributed by atoms with Crippen LogP contribution in [0.25, 0.3) is 0 Å². The van der Waals surface area contributed by atoms with E-state index in [4.69, 9.17) is 10.5 Å². The molecule has 0 amide bonds. The zero-order valence-corrected chi connectivity index (χ0v) is 10.2. The summed E-state index contributed by atoms with van der Waals surface area (Å²) in [7, 11) is 0. The molecule has 16 heavy (non-hydrogen) atoms. The molecule has 2 unspecified atom stereocenters. The Bertz CT molecular complexity index is 362. The number of aryl methyl sites for hydroxylation is 1. The second kappa shape index (κ2) is 4.88. The summed E-state index contributed by atoms with van der Waals surface area (Å²) in [6.45, 7) is 5.96. The fourth-order valence-corrected chi connectivity index (χ4v) is 2.49. The molecule has 1 aliphatic heterocycles. The molecule has 1 aromatic rings. The zero-order chi connectivity index (χ0) is 11.5. The van der Waals surface area contributed by atoms with Crippen LogP contribution in [0, 0.1) is 12.8 Å². The van der Waals surface area contributed by atoms with E-state index < -0.39 is 0 Å². The van der Waals surface area contributed by atoms with Crippen LogP contribution in [0.15, 0.2) is 18.2 Å². The third-order valence-corrected chi connectivity index (χ3v) is 3.54. The Morgan fingerprint density at radius 1 is 1.50 bits per heavy atom. The lowest BCUT2D eigenvalue weighted by Crippen LogP contribution is -2.19. The topological polar surface area (TPSA) is 35.2 Å². The summed E-state index contributed by atoms with van der Waals surface area (Å²) in [5.74, 6) is 2.15. The van der Waals surface area contributed by atoms with Gasteiger partial charge in [-0.2, -0.15) is 0 Å². The number of nitrogens with two attached hydrogens (primary N) is 1. The number of fused-ring (bicyclic) bond motifs is 1. The van der Waals surface area contributed by atoms with E-state index in [1.54, 1.807) is 0 Å². The van der Waals surface area contributed by atoms with Crippen molar-refractivity contribution < 1.29 is 4.74 Å². The van der Waals surface area contributed by atoms with Crippen molar-refractivity contribution in [2.75, 3.05) is 13.2 Å². The summed E-state index contributed by atoms with van der Waals surface area (Å²) in [6, 6.07) is 6.48. The highest BCUT2D eigenvalue weighted by Gasteiger charge is 2.24. The van der Waals surface area contributed by atoms with Crippen molar-refractivity contribution in [3.8, 4) is 5.75 Å². The lowest BCUT2D eigenvalue weighted by atomic mass is 9.83. The molecule has 2 heteroatoms. The van der Waals surface area contributed by atoms with Gasteiger partial charge in [-0.15, -0.1) is 0 Å². The Morgan fingerprint density at radius 2 is 2.31 bits per heavy atom. The molecule has 0 saturated heterocycles. The molecule has 2 N–H and O–H groups in total. The van der Waals surface area contributed by atoms with E-state index in [0.717, 1.165) is 25.3 Å². The predicted molar refractivity (Wildman–Crippen MR) is 66.9 cm³/mol. The van der Waals surface area contributed by atoms with Gasteiger partial charge in [0.1, 0.15) is 5.75 Å². The van der Waals surface area contributed by atoms with E-state index in [2.05, 4.69) is 32.0 Å². The molecule has 88 valence electrons. The predicted octanol–water partition coefficient (Wildman–Crippen LogP) is 2.85. The molecule has 0 aromatic heterocycles. The van der Waals surface area contributed by atoms with E-state index in [1.807, 2.05) is 0 Å². The summed E-state index contributed by atoms with van der Waals surface area (Å²) < 4.78 is 5.79. The van der Waals surface area contributed by atoms with Crippen LogP contribution < -0.4 is 10.5 Å². The van der Waals surface area contributed by atoms with Gasteiger partial charge >= 0.3 is 0 Å². The lowest BCUT2D eigenvalue weighted by Gasteiger charge is -2.22. The first kappa shape index (κ1) is 11.5. The fraction of sp³-hybridized carbons (Fsp3) is 0.571. The van der Waals surface area contributed by atoms with Crippen molar-refractivity contribution in [3.05, 3.63) is 29.3 Å². The van der Waals surface area contributed by atoms with Crippen LogP contribution in [0.2, 0.25) is 0 Å². The SMILES string of the molecule is Cc1ccc2c(c1)C(C(C)CN)CCCO2. The Kier molecular flexibility index (Phi) is 3.49. The molecular formula is C14H21NO. The first-order valence-corrected chi connectivity index (χ1v) is 6.15. The quantitative estimate of drug-likeness (QED) is 0.830. The second-order valence-corrected chi connectivity index (χ2v) is 4.85. The van der Waals surface area contributed by atoms with Crippen LogP contribution in [0.4, 0.5) is 0 Å². The largest absolute Gasteiger partial charge is 0.493 e. The highest BCUT2D eigenvalue weighted by Crippen LogP contribution is 2.37. The summed E-state index contributed by atoms with van der Waals surface area (Å²) >= 11 is 0. The molecule has 0 radical (unpaired) electrons. The van der Waals surface area contributed by atoms with Crippen LogP contribution in [-0.4, -0.2) is 13.2 Å². The molecule has 0 aliphatic carbocycles. The molecule has 1 aromatic carbocycles. The Morgan fingerprint density at radius 3 is 3.06 bits per heavy atom. The average molecular weight is 219 g/mol. The van der Waals surface area contributed by atoms with Crippen LogP contribution in [0.3, 0.4) is 0 Å². The van der Waals surface area contributed by atoms with Gasteiger partial charge in [0, 0.05) is 0 Å². The molecule has 2 nitrogen and oxygen atoms in total. The number of rotatable bonds is 2. The van der Waals surface area contributed by atoms with Crippen LogP contribution in [0.5, 0.6) is 5.75 Å². The van der Waals surface area contributed by atoms with Crippen molar-refractivity contribution in [2.45, 2.75) is 32.6 Å². The van der Waals surface area contributed by atoms with Gasteiger partial charge in [0.15, 0.2) is 0 Å². The van der Waals surface area contributed by atoms with Gasteiger partial charge in [-0.05, 0) is 49.8 Å². The minimum Gasteiger partial charge on any atom is -0.493 e. The monoisotopic (exact) mass is 219 g/mol. The number of hydrogen-bond donors (Lipinski definition) is 1. The van der Waals surface area contributed by atoms with Gasteiger partial charge in [-0.25, -0.2) is 0 Å². The van der Waals surface area contributed by atoms with Crippen molar-refractivity contribution in [3.63, 3.8) is 0 Å². The van der Waals surface area contributed by atoms with Crippen molar-refractivity contribution >= 4 is 0 Å². The molecule has 0 spiro atoms. The van der Waals surface area contributed by atoms with E-state index in [9.17, 15) is 0 Å². The van der Waals surface area contributed by atoms with E-state index in [0.29, 0.717) is 11.8 Å². The van der Waals surface area contributed by atoms with Crippen molar-refractivity contribution in [1.82, 2.24) is 0 Å². The van der Waals surface area contributed by atoms with E-state index in [1.165, 1.54) is 17.5 Å². The van der Waals surface area contributed by atoms with Gasteiger partial charge in [0.25, 0.3) is 0 Å². The summed E-state index contributed by atoms with van der Waals surface area (Å²) in [4.78, 5) is 0. The molecule has 0 saturated carbocycles. The highest BCUT2D eigenvalue weighted by atomic mass is 16.5. The maximum absolute atomic E-state index is 5.81. The Hall–Kier alpha value is -1.02. The minimum absolute atomic E-state index is 0.530. The average Bonchev–Trinajstić information content (AvgIpc) is 2.50. The first-order valence-electron chi connectivity index (χ1n) is 6.15. The maximum Gasteiger partial charge on any atom is 0.122 e. The second-order valence-electron chi connectivity index (χ2n) is 4.85. The molecule has 1 heterocycles. The van der Waals surface area contributed by atoms with Gasteiger partial charge < -0.3 is 10.5 Å². The molecule has 2 rings (SSSR count). The van der Waals surface area contributed by atoms with Crippen LogP contribution >= 0.6 is 0 Å². The smallest absolute Gasteiger partial charge is 0.122 e. The summed E-state index contributed by atoms with van der Waals surface area (Å²) in [5.41, 5.74) is 8.47. The molecular weight excluding hydrogens is 198 g/mol. The third kappa shape index (κ3) is 2.22. The normalized spacial score (nSPS) is 21.8. The molecule has 0 bridgehead atoms.